The van der Waals surface area contributed by atoms with Crippen molar-refractivity contribution in [2.45, 2.75) is 12.7 Å². The Morgan fingerprint density at radius 1 is 1.13 bits per heavy atom. The number of rotatable bonds is 3. The Bertz CT molecular complexity index is 839. The first-order valence-corrected chi connectivity index (χ1v) is 6.80. The molecule has 0 amide bonds. The van der Waals surface area contributed by atoms with Crippen LogP contribution in [0.3, 0.4) is 0 Å². The van der Waals surface area contributed by atoms with E-state index in [2.05, 4.69) is 20.3 Å². The van der Waals surface area contributed by atoms with Gasteiger partial charge < -0.3 is 10.3 Å². The largest absolute Gasteiger partial charge is 0.431 e. The van der Waals surface area contributed by atoms with E-state index in [9.17, 15) is 17.6 Å². The van der Waals surface area contributed by atoms with E-state index in [1.54, 1.807) is 6.07 Å². The first-order chi connectivity index (χ1) is 10.8. The van der Waals surface area contributed by atoms with E-state index in [-0.39, 0.29) is 28.4 Å². The SMILES string of the molecule is Fc1cc(Cl)cc(CNc2ncnc3[nH]c(C(F)(F)F)cc23)c1. The van der Waals surface area contributed by atoms with E-state index in [4.69, 9.17) is 11.6 Å². The summed E-state index contributed by atoms with van der Waals surface area (Å²) >= 11 is 5.76. The molecule has 4 nitrogen and oxygen atoms in total. The second-order valence-corrected chi connectivity index (χ2v) is 5.23. The predicted molar refractivity (Wildman–Crippen MR) is 77.6 cm³/mol. The van der Waals surface area contributed by atoms with Crippen LogP contribution in [0.15, 0.2) is 30.6 Å². The van der Waals surface area contributed by atoms with Crippen LogP contribution in [0.4, 0.5) is 23.4 Å². The number of hydrogen-bond donors (Lipinski definition) is 2. The molecule has 9 heteroatoms. The molecule has 0 aliphatic carbocycles. The summed E-state index contributed by atoms with van der Waals surface area (Å²) in [7, 11) is 0. The zero-order valence-electron chi connectivity index (χ0n) is 11.4. The Morgan fingerprint density at radius 3 is 2.61 bits per heavy atom. The lowest BCUT2D eigenvalue weighted by Gasteiger charge is -2.07. The molecule has 0 unspecified atom stereocenters. The molecule has 0 fully saturated rings. The molecule has 2 aromatic heterocycles. The highest BCUT2D eigenvalue weighted by Gasteiger charge is 2.33. The highest BCUT2D eigenvalue weighted by molar-refractivity contribution is 6.30. The molecule has 0 saturated carbocycles. The van der Waals surface area contributed by atoms with Gasteiger partial charge in [-0.15, -0.1) is 0 Å². The van der Waals surface area contributed by atoms with Crippen LogP contribution in [0, 0.1) is 5.82 Å². The number of anilines is 1. The maximum atomic E-state index is 13.3. The van der Waals surface area contributed by atoms with Gasteiger partial charge in [-0.3, -0.25) is 0 Å². The molecule has 0 aliphatic rings. The molecule has 120 valence electrons. The molecule has 0 saturated heterocycles. The molecule has 3 aromatic rings. The second kappa shape index (κ2) is 5.69. The van der Waals surface area contributed by atoms with Crippen molar-refractivity contribution in [3.8, 4) is 0 Å². The van der Waals surface area contributed by atoms with Crippen molar-refractivity contribution in [2.75, 3.05) is 5.32 Å². The molecular weight excluding hydrogens is 336 g/mol. The topological polar surface area (TPSA) is 53.6 Å². The van der Waals surface area contributed by atoms with Crippen LogP contribution < -0.4 is 5.32 Å². The van der Waals surface area contributed by atoms with Crippen molar-refractivity contribution in [1.29, 1.82) is 0 Å². The molecule has 0 bridgehead atoms. The minimum Gasteiger partial charge on any atom is -0.365 e. The molecule has 23 heavy (non-hydrogen) atoms. The van der Waals surface area contributed by atoms with Gasteiger partial charge in [0.1, 0.15) is 29.3 Å². The zero-order chi connectivity index (χ0) is 16.6. The highest BCUT2D eigenvalue weighted by Crippen LogP contribution is 2.32. The van der Waals surface area contributed by atoms with Gasteiger partial charge in [-0.25, -0.2) is 14.4 Å². The molecular formula is C14H9ClF4N4. The molecule has 0 radical (unpaired) electrons. The average molecular weight is 345 g/mol. The third-order valence-corrected chi connectivity index (χ3v) is 3.33. The summed E-state index contributed by atoms with van der Waals surface area (Å²) < 4.78 is 51.5. The number of alkyl halides is 3. The number of aromatic nitrogens is 3. The number of halogens is 5. The zero-order valence-corrected chi connectivity index (χ0v) is 12.1. The monoisotopic (exact) mass is 344 g/mol. The number of H-pyrrole nitrogens is 1. The van der Waals surface area contributed by atoms with Crippen LogP contribution in [0.5, 0.6) is 0 Å². The minimum absolute atomic E-state index is 0.0621. The maximum Gasteiger partial charge on any atom is 0.431 e. The summed E-state index contributed by atoms with van der Waals surface area (Å²) in [6.07, 6.45) is -3.37. The van der Waals surface area contributed by atoms with Crippen molar-refractivity contribution in [3.05, 3.63) is 52.7 Å². The van der Waals surface area contributed by atoms with Gasteiger partial charge in [0.2, 0.25) is 0 Å². The van der Waals surface area contributed by atoms with E-state index in [0.29, 0.717) is 5.56 Å². The van der Waals surface area contributed by atoms with Crippen molar-refractivity contribution < 1.29 is 17.6 Å². The fourth-order valence-electron chi connectivity index (χ4n) is 2.13. The van der Waals surface area contributed by atoms with Gasteiger partial charge in [0, 0.05) is 11.6 Å². The van der Waals surface area contributed by atoms with E-state index in [1.807, 2.05) is 0 Å². The third-order valence-electron chi connectivity index (χ3n) is 3.11. The molecule has 3 rings (SSSR count). The predicted octanol–water partition coefficient (Wildman–Crippen LogP) is 4.38. The van der Waals surface area contributed by atoms with Crippen LogP contribution in [-0.4, -0.2) is 15.0 Å². The van der Waals surface area contributed by atoms with Gasteiger partial charge in [-0.1, -0.05) is 11.6 Å². The van der Waals surface area contributed by atoms with Crippen LogP contribution in [0.25, 0.3) is 11.0 Å². The number of nitrogens with one attached hydrogen (secondary N) is 2. The van der Waals surface area contributed by atoms with Gasteiger partial charge in [-0.2, -0.15) is 13.2 Å². The summed E-state index contributed by atoms with van der Waals surface area (Å²) in [5.74, 6) is -0.287. The number of nitrogens with zero attached hydrogens (tertiary/aromatic N) is 2. The first kappa shape index (κ1) is 15.5. The Kier molecular flexibility index (Phi) is 3.85. The Balaban J connectivity index is 1.89. The second-order valence-electron chi connectivity index (χ2n) is 4.80. The van der Waals surface area contributed by atoms with Gasteiger partial charge >= 0.3 is 6.18 Å². The third kappa shape index (κ3) is 3.37. The summed E-state index contributed by atoms with van der Waals surface area (Å²) in [4.78, 5) is 9.89. The molecule has 0 atom stereocenters. The first-order valence-electron chi connectivity index (χ1n) is 6.43. The average Bonchev–Trinajstić information content (AvgIpc) is 2.88. The standard InChI is InChI=1S/C14H9ClF4N4/c15-8-1-7(2-9(16)3-8)5-20-12-10-4-11(14(17,18)19)23-13(10)22-6-21-12/h1-4,6H,5H2,(H2,20,21,22,23). The summed E-state index contributed by atoms with van der Waals surface area (Å²) in [6, 6.07) is 4.91. The van der Waals surface area contributed by atoms with E-state index in [1.165, 1.54) is 6.07 Å². The number of fused-ring (bicyclic) bond motifs is 1. The van der Waals surface area contributed by atoms with Crippen molar-refractivity contribution in [2.24, 2.45) is 0 Å². The Morgan fingerprint density at radius 2 is 1.91 bits per heavy atom. The number of benzene rings is 1. The quantitative estimate of drug-likeness (QED) is 0.693. The highest BCUT2D eigenvalue weighted by atomic mass is 35.5. The Labute approximate surface area is 132 Å². The van der Waals surface area contributed by atoms with Crippen molar-refractivity contribution in [1.82, 2.24) is 15.0 Å². The van der Waals surface area contributed by atoms with E-state index in [0.717, 1.165) is 18.5 Å². The lowest BCUT2D eigenvalue weighted by Crippen LogP contribution is -2.04. The fourth-order valence-corrected chi connectivity index (χ4v) is 2.38. The molecule has 2 heterocycles. The lowest BCUT2D eigenvalue weighted by atomic mass is 10.2. The van der Waals surface area contributed by atoms with Gasteiger partial charge in [-0.05, 0) is 29.8 Å². The van der Waals surface area contributed by atoms with Gasteiger partial charge in [0.25, 0.3) is 0 Å². The van der Waals surface area contributed by atoms with E-state index >= 15 is 0 Å². The van der Waals surface area contributed by atoms with Gasteiger partial charge in [0.15, 0.2) is 0 Å². The van der Waals surface area contributed by atoms with Crippen molar-refractivity contribution >= 4 is 28.5 Å². The van der Waals surface area contributed by atoms with Crippen LogP contribution >= 0.6 is 11.6 Å². The van der Waals surface area contributed by atoms with Crippen LogP contribution in [0.1, 0.15) is 11.3 Å². The fraction of sp³-hybridized carbons (Fsp3) is 0.143. The normalized spacial score (nSPS) is 11.9. The van der Waals surface area contributed by atoms with Crippen LogP contribution in [-0.2, 0) is 12.7 Å². The molecule has 0 aliphatic heterocycles. The summed E-state index contributed by atoms with van der Waals surface area (Å²) in [6.45, 7) is 0.149. The molecule has 0 spiro atoms. The summed E-state index contributed by atoms with van der Waals surface area (Å²) in [5.41, 5.74) is -0.315. The minimum atomic E-state index is -4.51. The van der Waals surface area contributed by atoms with Crippen LogP contribution in [0.2, 0.25) is 5.02 Å². The number of aromatic amines is 1. The maximum absolute atomic E-state index is 13.3. The van der Waals surface area contributed by atoms with Gasteiger partial charge in [0.05, 0.1) is 5.39 Å². The Hall–Kier alpha value is -2.35. The smallest absolute Gasteiger partial charge is 0.365 e. The van der Waals surface area contributed by atoms with Crippen molar-refractivity contribution in [3.63, 3.8) is 0 Å². The van der Waals surface area contributed by atoms with E-state index < -0.39 is 17.7 Å². The number of hydrogen-bond acceptors (Lipinski definition) is 3. The summed E-state index contributed by atoms with van der Waals surface area (Å²) in [5, 5.41) is 3.29. The molecule has 1 aromatic carbocycles. The molecule has 2 N–H and O–H groups in total. The lowest BCUT2D eigenvalue weighted by molar-refractivity contribution is -0.140.